The summed E-state index contributed by atoms with van der Waals surface area (Å²) in [4.78, 5) is 15.5. The Morgan fingerprint density at radius 3 is 2.58 bits per heavy atom. The van der Waals surface area contributed by atoms with Crippen LogP contribution in [-0.2, 0) is 11.3 Å². The van der Waals surface area contributed by atoms with Gasteiger partial charge < -0.3 is 5.32 Å². The van der Waals surface area contributed by atoms with Crippen LogP contribution in [0.15, 0.2) is 30.3 Å². The molecule has 24 heavy (non-hydrogen) atoms. The highest BCUT2D eigenvalue weighted by molar-refractivity contribution is 5.92. The molecule has 1 heterocycles. The first-order valence-corrected chi connectivity index (χ1v) is 9.82. The standard InChI is InChI=1S/C21H26N2O/c24-19(20-12-16-10-15-11-18(20)21(15,16)20)22-17-6-8-23(9-7-17)13-14-4-2-1-3-5-14/h1-5,15-18H,6-13H2,(H,22,24). The van der Waals surface area contributed by atoms with Crippen molar-refractivity contribution in [2.45, 2.75) is 44.7 Å². The van der Waals surface area contributed by atoms with Crippen LogP contribution in [0, 0.1) is 28.6 Å². The second kappa shape index (κ2) is 4.43. The number of amides is 1. The van der Waals surface area contributed by atoms with E-state index in [0.717, 1.165) is 50.2 Å². The van der Waals surface area contributed by atoms with Gasteiger partial charge in [0.05, 0.1) is 5.41 Å². The lowest BCUT2D eigenvalue weighted by Crippen LogP contribution is -2.59. The topological polar surface area (TPSA) is 32.3 Å². The molecule has 5 fully saturated rings. The van der Waals surface area contributed by atoms with Crippen molar-refractivity contribution in [2.75, 3.05) is 13.1 Å². The summed E-state index contributed by atoms with van der Waals surface area (Å²) in [6, 6.07) is 11.1. The van der Waals surface area contributed by atoms with Gasteiger partial charge in [-0.3, -0.25) is 9.69 Å². The fourth-order valence-corrected chi connectivity index (χ4v) is 7.35. The van der Waals surface area contributed by atoms with Gasteiger partial charge in [-0.1, -0.05) is 30.3 Å². The predicted molar refractivity (Wildman–Crippen MR) is 92.1 cm³/mol. The molecule has 0 bridgehead atoms. The summed E-state index contributed by atoms with van der Waals surface area (Å²) in [7, 11) is 0. The quantitative estimate of drug-likeness (QED) is 0.924. The second-order valence-electron chi connectivity index (χ2n) is 9.04. The van der Waals surface area contributed by atoms with Gasteiger partial charge in [-0.25, -0.2) is 0 Å². The van der Waals surface area contributed by atoms with Crippen molar-refractivity contribution >= 4 is 5.91 Å². The molecule has 1 amide bonds. The number of nitrogens with zero attached hydrogens (tertiary/aromatic N) is 1. The number of benzene rings is 1. The van der Waals surface area contributed by atoms with E-state index in [4.69, 9.17) is 0 Å². The van der Waals surface area contributed by atoms with Crippen molar-refractivity contribution in [1.82, 2.24) is 10.2 Å². The number of fused-ring (bicyclic) bond motifs is 1. The highest BCUT2D eigenvalue weighted by Crippen LogP contribution is 3.01. The summed E-state index contributed by atoms with van der Waals surface area (Å²) < 4.78 is 0. The van der Waals surface area contributed by atoms with Crippen molar-refractivity contribution in [2.24, 2.45) is 28.6 Å². The Bertz CT molecular complexity index is 689. The normalized spacial score (nSPS) is 45.1. The van der Waals surface area contributed by atoms with Gasteiger partial charge in [-0.2, -0.15) is 0 Å². The molecule has 126 valence electrons. The largest absolute Gasteiger partial charge is 0.353 e. The van der Waals surface area contributed by atoms with E-state index >= 15 is 0 Å². The van der Waals surface area contributed by atoms with Gasteiger partial charge in [-0.05, 0) is 60.8 Å². The Balaban J connectivity index is 1.04. The molecule has 5 aliphatic rings. The molecule has 3 nitrogen and oxygen atoms in total. The van der Waals surface area contributed by atoms with Crippen LogP contribution in [0.5, 0.6) is 0 Å². The monoisotopic (exact) mass is 322 g/mol. The number of carbonyl (C=O) groups is 1. The summed E-state index contributed by atoms with van der Waals surface area (Å²) in [5.74, 6) is 3.08. The van der Waals surface area contributed by atoms with Gasteiger partial charge in [0.15, 0.2) is 0 Å². The van der Waals surface area contributed by atoms with Crippen LogP contribution in [0.1, 0.15) is 37.7 Å². The third kappa shape index (κ3) is 1.43. The van der Waals surface area contributed by atoms with Crippen molar-refractivity contribution in [3.8, 4) is 0 Å². The van der Waals surface area contributed by atoms with Gasteiger partial charge in [0, 0.05) is 25.7 Å². The number of likely N-dealkylation sites (tertiary alicyclic amines) is 1. The summed E-state index contributed by atoms with van der Waals surface area (Å²) in [6.07, 6.45) is 6.23. The minimum atomic E-state index is 0.127. The average molecular weight is 322 g/mol. The number of piperidine rings is 1. The fraction of sp³-hybridized carbons (Fsp3) is 0.667. The summed E-state index contributed by atoms with van der Waals surface area (Å²) in [6.45, 7) is 3.25. The van der Waals surface area contributed by atoms with Crippen molar-refractivity contribution in [3.05, 3.63) is 35.9 Å². The smallest absolute Gasteiger partial charge is 0.227 e. The summed E-state index contributed by atoms with van der Waals surface area (Å²) >= 11 is 0. The molecule has 1 saturated heterocycles. The highest BCUT2D eigenvalue weighted by Gasteiger charge is 2.99. The molecule has 5 atom stereocenters. The lowest BCUT2D eigenvalue weighted by molar-refractivity contribution is -0.155. The van der Waals surface area contributed by atoms with Gasteiger partial charge in [0.1, 0.15) is 0 Å². The van der Waals surface area contributed by atoms with Crippen LogP contribution in [0.3, 0.4) is 0 Å². The van der Waals surface area contributed by atoms with Gasteiger partial charge in [0.2, 0.25) is 5.91 Å². The highest BCUT2D eigenvalue weighted by atomic mass is 16.2. The third-order valence-electron chi connectivity index (χ3n) is 8.45. The van der Waals surface area contributed by atoms with Crippen LogP contribution in [0.25, 0.3) is 0 Å². The Hall–Kier alpha value is -1.35. The van der Waals surface area contributed by atoms with Crippen molar-refractivity contribution < 1.29 is 4.79 Å². The van der Waals surface area contributed by atoms with Crippen LogP contribution in [0.2, 0.25) is 0 Å². The Morgan fingerprint density at radius 2 is 1.92 bits per heavy atom. The zero-order valence-corrected chi connectivity index (χ0v) is 14.2. The predicted octanol–water partition coefficient (Wildman–Crippen LogP) is 2.81. The molecular weight excluding hydrogens is 296 g/mol. The number of rotatable bonds is 4. The fourth-order valence-electron chi connectivity index (χ4n) is 7.35. The van der Waals surface area contributed by atoms with Crippen LogP contribution >= 0.6 is 0 Å². The van der Waals surface area contributed by atoms with E-state index in [-0.39, 0.29) is 5.41 Å². The van der Waals surface area contributed by atoms with E-state index in [0.29, 0.717) is 17.4 Å². The first-order chi connectivity index (χ1) is 11.7. The zero-order chi connectivity index (χ0) is 15.9. The van der Waals surface area contributed by atoms with Gasteiger partial charge in [0.25, 0.3) is 0 Å². The molecule has 1 aromatic rings. The first kappa shape index (κ1) is 13.9. The number of hydrogen-bond donors (Lipinski definition) is 1. The SMILES string of the molecule is O=C(NC1CCN(Cc2ccccc2)CC1)C12CC3CC4CC1C432. The van der Waals surface area contributed by atoms with Crippen molar-refractivity contribution in [1.29, 1.82) is 0 Å². The molecule has 1 aliphatic heterocycles. The van der Waals surface area contributed by atoms with E-state index in [9.17, 15) is 4.79 Å². The summed E-state index contributed by atoms with van der Waals surface area (Å²) in [5.41, 5.74) is 2.07. The van der Waals surface area contributed by atoms with E-state index in [1.54, 1.807) is 0 Å². The molecular formula is C21H26N2O. The molecule has 0 aromatic heterocycles. The Kier molecular flexibility index (Phi) is 2.56. The van der Waals surface area contributed by atoms with Gasteiger partial charge >= 0.3 is 0 Å². The van der Waals surface area contributed by atoms with E-state index in [1.807, 2.05) is 0 Å². The number of nitrogens with one attached hydrogen (secondary N) is 1. The zero-order valence-electron chi connectivity index (χ0n) is 14.2. The molecule has 3 heteroatoms. The number of carbonyl (C=O) groups excluding carboxylic acids is 1. The first-order valence-electron chi connectivity index (χ1n) is 9.82. The molecule has 4 aliphatic carbocycles. The Labute approximate surface area is 143 Å². The maximum absolute atomic E-state index is 12.9. The Morgan fingerprint density at radius 1 is 1.12 bits per heavy atom. The minimum absolute atomic E-state index is 0.127. The van der Waals surface area contributed by atoms with E-state index in [1.165, 1.54) is 24.8 Å². The van der Waals surface area contributed by atoms with Crippen LogP contribution in [0.4, 0.5) is 0 Å². The number of hydrogen-bond acceptors (Lipinski definition) is 2. The maximum atomic E-state index is 12.9. The molecule has 1 aromatic carbocycles. The second-order valence-corrected chi connectivity index (χ2v) is 9.04. The maximum Gasteiger partial charge on any atom is 0.227 e. The van der Waals surface area contributed by atoms with Crippen LogP contribution < -0.4 is 5.32 Å². The lowest BCUT2D eigenvalue weighted by atomic mass is 9.44. The third-order valence-corrected chi connectivity index (χ3v) is 8.45. The summed E-state index contributed by atoms with van der Waals surface area (Å²) in [5, 5.41) is 3.46. The van der Waals surface area contributed by atoms with Gasteiger partial charge in [-0.15, -0.1) is 0 Å². The van der Waals surface area contributed by atoms with E-state index < -0.39 is 0 Å². The average Bonchev–Trinajstić information content (AvgIpc) is 3.17. The minimum Gasteiger partial charge on any atom is -0.353 e. The molecule has 1 N–H and O–H groups in total. The van der Waals surface area contributed by atoms with Crippen molar-refractivity contribution in [3.63, 3.8) is 0 Å². The molecule has 4 saturated carbocycles. The van der Waals surface area contributed by atoms with Crippen LogP contribution in [-0.4, -0.2) is 29.9 Å². The molecule has 6 rings (SSSR count). The molecule has 1 spiro atoms. The lowest BCUT2D eigenvalue weighted by Gasteiger charge is -2.60. The molecule has 0 radical (unpaired) electrons. The van der Waals surface area contributed by atoms with E-state index in [2.05, 4.69) is 40.5 Å². The molecule has 5 unspecified atom stereocenters.